The molecular weight excluding hydrogens is 226 g/mol. The van der Waals surface area contributed by atoms with Crippen molar-refractivity contribution >= 4 is 11.7 Å². The molecule has 1 N–H and O–H groups in total. The van der Waals surface area contributed by atoms with Crippen LogP contribution >= 0.6 is 0 Å². The molecule has 3 nitrogen and oxygen atoms in total. The molecule has 0 aliphatic heterocycles. The lowest BCUT2D eigenvalue weighted by Crippen LogP contribution is -2.27. The summed E-state index contributed by atoms with van der Waals surface area (Å²) >= 11 is 0. The Morgan fingerprint density at radius 2 is 2.11 bits per heavy atom. The fourth-order valence-corrected chi connectivity index (χ4v) is 2.68. The summed E-state index contributed by atoms with van der Waals surface area (Å²) in [6.07, 6.45) is 4.94. The number of hydrogen-bond acceptors (Lipinski definition) is 3. The molecular formula is C15H21NO2. The van der Waals surface area contributed by atoms with E-state index in [1.807, 2.05) is 18.2 Å². The highest BCUT2D eigenvalue weighted by Gasteiger charge is 2.20. The van der Waals surface area contributed by atoms with E-state index in [0.717, 1.165) is 11.6 Å². The molecule has 0 saturated heterocycles. The Bertz CT molecular complexity index is 417. The number of benzene rings is 1. The fourth-order valence-electron chi connectivity index (χ4n) is 2.68. The largest absolute Gasteiger partial charge is 0.465 e. The van der Waals surface area contributed by atoms with E-state index < -0.39 is 0 Å². The quantitative estimate of drug-likeness (QED) is 0.831. The number of esters is 1. The zero-order valence-electron chi connectivity index (χ0n) is 11.1. The van der Waals surface area contributed by atoms with Crippen LogP contribution in [-0.2, 0) is 4.74 Å². The monoisotopic (exact) mass is 247 g/mol. The van der Waals surface area contributed by atoms with Crippen molar-refractivity contribution in [3.8, 4) is 0 Å². The van der Waals surface area contributed by atoms with E-state index in [-0.39, 0.29) is 5.97 Å². The van der Waals surface area contributed by atoms with Crippen LogP contribution in [0.2, 0.25) is 0 Å². The van der Waals surface area contributed by atoms with Gasteiger partial charge in [-0.2, -0.15) is 0 Å². The molecule has 0 radical (unpaired) electrons. The van der Waals surface area contributed by atoms with Crippen LogP contribution in [0.15, 0.2) is 24.3 Å². The molecule has 2 rings (SSSR count). The summed E-state index contributed by atoms with van der Waals surface area (Å²) < 4.78 is 4.81. The van der Waals surface area contributed by atoms with Gasteiger partial charge in [-0.25, -0.2) is 4.79 Å². The van der Waals surface area contributed by atoms with Gasteiger partial charge in [-0.3, -0.25) is 0 Å². The van der Waals surface area contributed by atoms with Crippen molar-refractivity contribution in [3.63, 3.8) is 0 Å². The van der Waals surface area contributed by atoms with Gasteiger partial charge in [-0.1, -0.05) is 31.9 Å². The summed E-state index contributed by atoms with van der Waals surface area (Å²) in [5.41, 5.74) is 1.52. The standard InChI is InChI=1S/C15H21NO2/c1-11-6-5-7-12(10-11)16-14-9-4-3-8-13(14)15(17)18-2/h3-4,8-9,11-12,16H,5-7,10H2,1-2H3. The van der Waals surface area contributed by atoms with Crippen molar-refractivity contribution in [2.75, 3.05) is 12.4 Å². The second kappa shape index (κ2) is 5.89. The van der Waals surface area contributed by atoms with Crippen LogP contribution in [0.1, 0.15) is 43.0 Å². The van der Waals surface area contributed by atoms with Crippen molar-refractivity contribution in [2.24, 2.45) is 5.92 Å². The third-order valence-corrected chi connectivity index (χ3v) is 3.63. The Morgan fingerprint density at radius 3 is 2.83 bits per heavy atom. The second-order valence-electron chi connectivity index (χ2n) is 5.15. The van der Waals surface area contributed by atoms with E-state index in [2.05, 4.69) is 12.2 Å². The minimum Gasteiger partial charge on any atom is -0.465 e. The van der Waals surface area contributed by atoms with Gasteiger partial charge in [0.15, 0.2) is 0 Å². The normalized spacial score (nSPS) is 23.4. The molecule has 1 aromatic carbocycles. The van der Waals surface area contributed by atoms with E-state index in [9.17, 15) is 4.79 Å². The average Bonchev–Trinajstić information content (AvgIpc) is 2.38. The summed E-state index contributed by atoms with van der Waals surface area (Å²) in [7, 11) is 1.42. The molecule has 2 atom stereocenters. The van der Waals surface area contributed by atoms with E-state index in [0.29, 0.717) is 11.6 Å². The molecule has 1 aliphatic carbocycles. The topological polar surface area (TPSA) is 38.3 Å². The van der Waals surface area contributed by atoms with Gasteiger partial charge in [0, 0.05) is 11.7 Å². The molecule has 0 amide bonds. The summed E-state index contributed by atoms with van der Waals surface area (Å²) in [6, 6.07) is 8.04. The molecule has 2 unspecified atom stereocenters. The molecule has 0 spiro atoms. The predicted molar refractivity (Wildman–Crippen MR) is 72.8 cm³/mol. The maximum absolute atomic E-state index is 11.7. The van der Waals surface area contributed by atoms with Crippen LogP contribution in [0.5, 0.6) is 0 Å². The first-order valence-corrected chi connectivity index (χ1v) is 6.64. The molecule has 3 heteroatoms. The van der Waals surface area contributed by atoms with Crippen LogP contribution in [0.25, 0.3) is 0 Å². The predicted octanol–water partition coefficient (Wildman–Crippen LogP) is 3.46. The highest BCUT2D eigenvalue weighted by Crippen LogP contribution is 2.27. The zero-order chi connectivity index (χ0) is 13.0. The van der Waals surface area contributed by atoms with Gasteiger partial charge < -0.3 is 10.1 Å². The van der Waals surface area contributed by atoms with Crippen LogP contribution in [-0.4, -0.2) is 19.1 Å². The number of carbonyl (C=O) groups is 1. The molecule has 1 saturated carbocycles. The van der Waals surface area contributed by atoms with Gasteiger partial charge >= 0.3 is 5.97 Å². The molecule has 0 heterocycles. The molecule has 1 aliphatic rings. The fraction of sp³-hybridized carbons (Fsp3) is 0.533. The number of carbonyl (C=O) groups excluding carboxylic acids is 1. The SMILES string of the molecule is COC(=O)c1ccccc1NC1CCCC(C)C1. The van der Waals surface area contributed by atoms with Gasteiger partial charge in [-0.15, -0.1) is 0 Å². The minimum absolute atomic E-state index is 0.276. The van der Waals surface area contributed by atoms with Crippen molar-refractivity contribution in [3.05, 3.63) is 29.8 Å². The number of ether oxygens (including phenoxy) is 1. The third kappa shape index (κ3) is 3.03. The van der Waals surface area contributed by atoms with E-state index in [1.165, 1.54) is 32.8 Å². The molecule has 0 bridgehead atoms. The Kier molecular flexibility index (Phi) is 4.24. The van der Waals surface area contributed by atoms with Crippen molar-refractivity contribution in [2.45, 2.75) is 38.6 Å². The van der Waals surface area contributed by atoms with Crippen LogP contribution < -0.4 is 5.32 Å². The lowest BCUT2D eigenvalue weighted by Gasteiger charge is -2.28. The van der Waals surface area contributed by atoms with Crippen molar-refractivity contribution in [1.82, 2.24) is 0 Å². The number of rotatable bonds is 3. The van der Waals surface area contributed by atoms with Crippen molar-refractivity contribution in [1.29, 1.82) is 0 Å². The van der Waals surface area contributed by atoms with Gasteiger partial charge in [-0.05, 0) is 30.9 Å². The second-order valence-corrected chi connectivity index (χ2v) is 5.15. The first kappa shape index (κ1) is 12.9. The lowest BCUT2D eigenvalue weighted by molar-refractivity contribution is 0.0602. The third-order valence-electron chi connectivity index (χ3n) is 3.63. The lowest BCUT2D eigenvalue weighted by atomic mass is 9.87. The Balaban J connectivity index is 2.10. The highest BCUT2D eigenvalue weighted by molar-refractivity contribution is 5.95. The van der Waals surface area contributed by atoms with Gasteiger partial charge in [0.05, 0.1) is 12.7 Å². The minimum atomic E-state index is -0.276. The smallest absolute Gasteiger partial charge is 0.339 e. The molecule has 18 heavy (non-hydrogen) atoms. The Labute approximate surface area is 109 Å². The van der Waals surface area contributed by atoms with Crippen LogP contribution in [0.3, 0.4) is 0 Å². The first-order valence-electron chi connectivity index (χ1n) is 6.64. The van der Waals surface area contributed by atoms with E-state index >= 15 is 0 Å². The molecule has 0 aromatic heterocycles. The van der Waals surface area contributed by atoms with Crippen molar-refractivity contribution < 1.29 is 9.53 Å². The Morgan fingerprint density at radius 1 is 1.33 bits per heavy atom. The molecule has 1 aromatic rings. The molecule has 98 valence electrons. The maximum atomic E-state index is 11.7. The molecule has 1 fully saturated rings. The summed E-state index contributed by atoms with van der Waals surface area (Å²) in [5.74, 6) is 0.489. The summed E-state index contributed by atoms with van der Waals surface area (Å²) in [6.45, 7) is 2.29. The van der Waals surface area contributed by atoms with Crippen LogP contribution in [0, 0.1) is 5.92 Å². The maximum Gasteiger partial charge on any atom is 0.339 e. The van der Waals surface area contributed by atoms with Gasteiger partial charge in [0.2, 0.25) is 0 Å². The van der Waals surface area contributed by atoms with Gasteiger partial charge in [0.25, 0.3) is 0 Å². The van der Waals surface area contributed by atoms with Crippen LogP contribution in [0.4, 0.5) is 5.69 Å². The average molecular weight is 247 g/mol. The van der Waals surface area contributed by atoms with Gasteiger partial charge in [0.1, 0.15) is 0 Å². The van der Waals surface area contributed by atoms with E-state index in [1.54, 1.807) is 6.07 Å². The Hall–Kier alpha value is -1.51. The zero-order valence-corrected chi connectivity index (χ0v) is 11.1. The number of methoxy groups -OCH3 is 1. The summed E-state index contributed by atoms with van der Waals surface area (Å²) in [5, 5.41) is 3.49. The first-order chi connectivity index (χ1) is 8.70. The number of para-hydroxylation sites is 1. The number of nitrogens with one attached hydrogen (secondary N) is 1. The highest BCUT2D eigenvalue weighted by atomic mass is 16.5. The van der Waals surface area contributed by atoms with E-state index in [4.69, 9.17) is 4.74 Å². The number of anilines is 1. The number of hydrogen-bond donors (Lipinski definition) is 1. The summed E-state index contributed by atoms with van der Waals surface area (Å²) in [4.78, 5) is 11.7.